The number of carbonyl (C=O) groups is 1. The molecule has 0 spiro atoms. The summed E-state index contributed by atoms with van der Waals surface area (Å²) in [6, 6.07) is 17.1. The predicted molar refractivity (Wildman–Crippen MR) is 139 cm³/mol. The molecule has 2 aromatic rings. The maximum absolute atomic E-state index is 13.3. The van der Waals surface area contributed by atoms with Gasteiger partial charge in [-0.05, 0) is 94.0 Å². The number of Topliss-reactive ketones (excluding diaryl/α,β-unsaturated/α-hetero) is 1. The molecule has 0 unspecified atom stereocenters. The maximum atomic E-state index is 13.3. The highest BCUT2D eigenvalue weighted by Crippen LogP contribution is 2.32. The summed E-state index contributed by atoms with van der Waals surface area (Å²) >= 11 is 0. The third kappa shape index (κ3) is 5.70. The molecule has 0 aliphatic heterocycles. The number of hydrogen-bond acceptors (Lipinski definition) is 3. The van der Waals surface area contributed by atoms with E-state index in [4.69, 9.17) is 0 Å². The van der Waals surface area contributed by atoms with Crippen molar-refractivity contribution in [3.8, 4) is 0 Å². The second kappa shape index (κ2) is 11.2. The van der Waals surface area contributed by atoms with Crippen molar-refractivity contribution in [2.24, 2.45) is 5.92 Å². The minimum atomic E-state index is 0.198. The van der Waals surface area contributed by atoms with E-state index in [1.807, 2.05) is 0 Å². The van der Waals surface area contributed by atoms with Crippen LogP contribution in [0.1, 0.15) is 58.6 Å². The first-order valence-corrected chi connectivity index (χ1v) is 12.1. The van der Waals surface area contributed by atoms with Crippen LogP contribution in [0.3, 0.4) is 0 Å². The third-order valence-electron chi connectivity index (χ3n) is 6.45. The number of nitrogens with zero attached hydrogens (tertiary/aromatic N) is 2. The molecule has 0 bridgehead atoms. The van der Waals surface area contributed by atoms with E-state index in [0.29, 0.717) is 5.92 Å². The highest BCUT2D eigenvalue weighted by atomic mass is 16.1. The molecule has 32 heavy (non-hydrogen) atoms. The first-order chi connectivity index (χ1) is 15.5. The Balaban J connectivity index is 1.81. The van der Waals surface area contributed by atoms with Gasteiger partial charge in [0, 0.05) is 48.7 Å². The molecule has 1 fully saturated rings. The molecule has 0 heterocycles. The smallest absolute Gasteiger partial charge is 0.185 e. The summed E-state index contributed by atoms with van der Waals surface area (Å²) in [4.78, 5) is 17.9. The fourth-order valence-electron chi connectivity index (χ4n) is 4.61. The van der Waals surface area contributed by atoms with Gasteiger partial charge in [-0.1, -0.05) is 31.2 Å². The summed E-state index contributed by atoms with van der Waals surface area (Å²) in [5.74, 6) is 0.666. The summed E-state index contributed by atoms with van der Waals surface area (Å²) in [5, 5.41) is 0. The summed E-state index contributed by atoms with van der Waals surface area (Å²) in [6.45, 7) is 14.9. The number of carbonyl (C=O) groups excluding carboxylic acids is 1. The van der Waals surface area contributed by atoms with Crippen molar-refractivity contribution in [3.05, 3.63) is 70.8 Å². The second-order valence-corrected chi connectivity index (χ2v) is 8.71. The van der Waals surface area contributed by atoms with Crippen molar-refractivity contribution in [1.82, 2.24) is 0 Å². The van der Waals surface area contributed by atoms with Gasteiger partial charge in [0.15, 0.2) is 5.78 Å². The van der Waals surface area contributed by atoms with Crippen LogP contribution in [0.5, 0.6) is 0 Å². The normalized spacial score (nSPS) is 18.9. The van der Waals surface area contributed by atoms with Crippen molar-refractivity contribution >= 4 is 29.3 Å². The van der Waals surface area contributed by atoms with Crippen LogP contribution in [0.4, 0.5) is 11.4 Å². The lowest BCUT2D eigenvalue weighted by atomic mass is 9.81. The summed E-state index contributed by atoms with van der Waals surface area (Å²) < 4.78 is 0. The summed E-state index contributed by atoms with van der Waals surface area (Å²) in [6.07, 6.45) is 5.85. The van der Waals surface area contributed by atoms with Crippen LogP contribution >= 0.6 is 0 Å². The average molecular weight is 431 g/mol. The maximum Gasteiger partial charge on any atom is 0.185 e. The van der Waals surface area contributed by atoms with Gasteiger partial charge in [0.05, 0.1) is 0 Å². The van der Waals surface area contributed by atoms with Crippen LogP contribution < -0.4 is 9.80 Å². The molecular weight excluding hydrogens is 392 g/mol. The monoisotopic (exact) mass is 430 g/mol. The molecular formula is C29H38N2O. The summed E-state index contributed by atoms with van der Waals surface area (Å²) in [7, 11) is 0. The van der Waals surface area contributed by atoms with Crippen LogP contribution in [-0.4, -0.2) is 32.0 Å². The van der Waals surface area contributed by atoms with Gasteiger partial charge >= 0.3 is 0 Å². The molecule has 1 aliphatic rings. The van der Waals surface area contributed by atoms with Gasteiger partial charge in [0.25, 0.3) is 0 Å². The molecule has 0 saturated heterocycles. The summed E-state index contributed by atoms with van der Waals surface area (Å²) in [5.41, 5.74) is 6.50. The average Bonchev–Trinajstić information content (AvgIpc) is 2.80. The van der Waals surface area contributed by atoms with Crippen molar-refractivity contribution in [3.63, 3.8) is 0 Å². The Morgan fingerprint density at radius 2 is 1.03 bits per heavy atom. The standard InChI is InChI=1S/C29H38N2O/c1-6-30(7-2)27-14-10-23(11-15-27)20-25-18-22(5)19-26(29(25)32)21-24-12-16-28(17-13-24)31(8-3)9-4/h10-17,20-22H,6-9,18-19H2,1-5H3/b25-20+,26-21+. The van der Waals surface area contributed by atoms with E-state index in [1.54, 1.807) is 0 Å². The molecule has 3 rings (SSSR count). The van der Waals surface area contributed by atoms with Gasteiger partial charge in [-0.3, -0.25) is 4.79 Å². The van der Waals surface area contributed by atoms with E-state index in [-0.39, 0.29) is 5.78 Å². The molecule has 1 saturated carbocycles. The van der Waals surface area contributed by atoms with E-state index in [9.17, 15) is 4.79 Å². The SMILES string of the molecule is CCN(CC)c1ccc(/C=C2\CC(C)C/C(=C\c3ccc(N(CC)CC)cc3)C2=O)cc1. The van der Waals surface area contributed by atoms with Crippen LogP contribution in [0.25, 0.3) is 12.2 Å². The van der Waals surface area contributed by atoms with Crippen LogP contribution in [0.15, 0.2) is 59.7 Å². The highest BCUT2D eigenvalue weighted by molar-refractivity contribution is 6.14. The lowest BCUT2D eigenvalue weighted by Crippen LogP contribution is -2.21. The van der Waals surface area contributed by atoms with Crippen LogP contribution in [0, 0.1) is 5.92 Å². The molecule has 1 aliphatic carbocycles. The molecule has 0 atom stereocenters. The molecule has 3 nitrogen and oxygen atoms in total. The Morgan fingerprint density at radius 3 is 1.34 bits per heavy atom. The number of anilines is 2. The second-order valence-electron chi connectivity index (χ2n) is 8.71. The van der Waals surface area contributed by atoms with E-state index in [0.717, 1.165) is 61.3 Å². The van der Waals surface area contributed by atoms with E-state index in [2.05, 4.69) is 105 Å². The molecule has 3 heteroatoms. The number of allylic oxidation sites excluding steroid dienone is 2. The van der Waals surface area contributed by atoms with Crippen molar-refractivity contribution in [1.29, 1.82) is 0 Å². The van der Waals surface area contributed by atoms with E-state index < -0.39 is 0 Å². The zero-order chi connectivity index (χ0) is 23.1. The molecule has 2 aromatic carbocycles. The largest absolute Gasteiger partial charge is 0.372 e. The predicted octanol–water partition coefficient (Wildman–Crippen LogP) is 6.85. The quantitative estimate of drug-likeness (QED) is 0.428. The Hall–Kier alpha value is -2.81. The van der Waals surface area contributed by atoms with E-state index in [1.165, 1.54) is 11.4 Å². The Labute approximate surface area is 194 Å². The van der Waals surface area contributed by atoms with Gasteiger partial charge < -0.3 is 9.80 Å². The van der Waals surface area contributed by atoms with Gasteiger partial charge in [-0.25, -0.2) is 0 Å². The van der Waals surface area contributed by atoms with Crippen molar-refractivity contribution in [2.75, 3.05) is 36.0 Å². The van der Waals surface area contributed by atoms with Crippen LogP contribution in [0.2, 0.25) is 0 Å². The van der Waals surface area contributed by atoms with Gasteiger partial charge in [-0.2, -0.15) is 0 Å². The highest BCUT2D eigenvalue weighted by Gasteiger charge is 2.25. The molecule has 0 N–H and O–H groups in total. The fraction of sp³-hybridized carbons (Fsp3) is 0.414. The van der Waals surface area contributed by atoms with Crippen molar-refractivity contribution in [2.45, 2.75) is 47.5 Å². The van der Waals surface area contributed by atoms with E-state index >= 15 is 0 Å². The first kappa shape index (κ1) is 23.8. The molecule has 0 radical (unpaired) electrons. The van der Waals surface area contributed by atoms with Crippen LogP contribution in [-0.2, 0) is 4.79 Å². The Kier molecular flexibility index (Phi) is 8.33. The van der Waals surface area contributed by atoms with Gasteiger partial charge in [0.1, 0.15) is 0 Å². The molecule has 0 aromatic heterocycles. The lowest BCUT2D eigenvalue weighted by molar-refractivity contribution is -0.113. The molecule has 170 valence electrons. The molecule has 0 amide bonds. The number of benzene rings is 2. The zero-order valence-corrected chi connectivity index (χ0v) is 20.4. The minimum absolute atomic E-state index is 0.198. The Bertz CT molecular complexity index is 868. The number of ketones is 1. The first-order valence-electron chi connectivity index (χ1n) is 12.1. The topological polar surface area (TPSA) is 23.6 Å². The minimum Gasteiger partial charge on any atom is -0.372 e. The number of hydrogen-bond donors (Lipinski definition) is 0. The Morgan fingerprint density at radius 1 is 0.688 bits per heavy atom. The lowest BCUT2D eigenvalue weighted by Gasteiger charge is -2.23. The van der Waals surface area contributed by atoms with Gasteiger partial charge in [-0.15, -0.1) is 0 Å². The van der Waals surface area contributed by atoms with Gasteiger partial charge in [0.2, 0.25) is 0 Å². The zero-order valence-electron chi connectivity index (χ0n) is 20.4. The van der Waals surface area contributed by atoms with Crippen molar-refractivity contribution < 1.29 is 4.79 Å². The number of rotatable bonds is 8. The fourth-order valence-corrected chi connectivity index (χ4v) is 4.61. The third-order valence-corrected chi connectivity index (χ3v) is 6.45.